The van der Waals surface area contributed by atoms with Crippen molar-refractivity contribution < 1.29 is 0 Å². The van der Waals surface area contributed by atoms with E-state index in [4.69, 9.17) is 5.73 Å². The van der Waals surface area contributed by atoms with Gasteiger partial charge in [0.1, 0.15) is 0 Å². The van der Waals surface area contributed by atoms with Crippen molar-refractivity contribution >= 4 is 0 Å². The normalized spacial score (nSPS) is 37.7. The van der Waals surface area contributed by atoms with E-state index >= 15 is 0 Å². The second-order valence-corrected chi connectivity index (χ2v) is 7.29. The molecule has 2 heteroatoms. The van der Waals surface area contributed by atoms with Crippen molar-refractivity contribution in [3.05, 3.63) is 0 Å². The SMILES string of the molecule is CCC1CCCCN1CC1CC(C(C)C)CCC1N. The summed E-state index contributed by atoms with van der Waals surface area (Å²) in [6.07, 6.45) is 9.52. The van der Waals surface area contributed by atoms with E-state index < -0.39 is 0 Å². The Morgan fingerprint density at radius 2 is 1.95 bits per heavy atom. The molecule has 4 atom stereocenters. The van der Waals surface area contributed by atoms with Gasteiger partial charge in [-0.1, -0.05) is 27.2 Å². The first-order valence-electron chi connectivity index (χ1n) is 8.61. The van der Waals surface area contributed by atoms with Gasteiger partial charge in [-0.3, -0.25) is 0 Å². The highest BCUT2D eigenvalue weighted by Gasteiger charge is 2.32. The lowest BCUT2D eigenvalue weighted by molar-refractivity contribution is 0.0846. The molecule has 2 nitrogen and oxygen atoms in total. The molecular weight excluding hydrogens is 232 g/mol. The minimum Gasteiger partial charge on any atom is -0.327 e. The van der Waals surface area contributed by atoms with Gasteiger partial charge in [0.05, 0.1) is 0 Å². The van der Waals surface area contributed by atoms with E-state index in [0.29, 0.717) is 6.04 Å². The van der Waals surface area contributed by atoms with Crippen LogP contribution in [0.2, 0.25) is 0 Å². The van der Waals surface area contributed by atoms with Crippen molar-refractivity contribution in [3.63, 3.8) is 0 Å². The second-order valence-electron chi connectivity index (χ2n) is 7.29. The molecule has 1 aliphatic heterocycles. The lowest BCUT2D eigenvalue weighted by Crippen LogP contribution is -2.48. The van der Waals surface area contributed by atoms with Gasteiger partial charge in [0.2, 0.25) is 0 Å². The molecule has 1 saturated carbocycles. The Labute approximate surface area is 120 Å². The predicted molar refractivity (Wildman–Crippen MR) is 83.1 cm³/mol. The number of hydrogen-bond donors (Lipinski definition) is 1. The van der Waals surface area contributed by atoms with Crippen molar-refractivity contribution in [3.8, 4) is 0 Å². The van der Waals surface area contributed by atoms with Crippen LogP contribution in [0.1, 0.15) is 65.7 Å². The summed E-state index contributed by atoms with van der Waals surface area (Å²) in [5.74, 6) is 2.49. The molecule has 0 aromatic heterocycles. The fourth-order valence-corrected chi connectivity index (χ4v) is 4.20. The van der Waals surface area contributed by atoms with Gasteiger partial charge in [0.15, 0.2) is 0 Å². The molecule has 2 rings (SSSR count). The summed E-state index contributed by atoms with van der Waals surface area (Å²) < 4.78 is 0. The van der Waals surface area contributed by atoms with Crippen molar-refractivity contribution in [2.45, 2.75) is 77.8 Å². The minimum atomic E-state index is 0.453. The fraction of sp³-hybridized carbons (Fsp3) is 1.00. The summed E-state index contributed by atoms with van der Waals surface area (Å²) >= 11 is 0. The average molecular weight is 266 g/mol. The maximum atomic E-state index is 6.42. The maximum absolute atomic E-state index is 6.42. The van der Waals surface area contributed by atoms with E-state index in [-0.39, 0.29) is 0 Å². The topological polar surface area (TPSA) is 29.3 Å². The lowest BCUT2D eigenvalue weighted by atomic mass is 9.73. The monoisotopic (exact) mass is 266 g/mol. The van der Waals surface area contributed by atoms with Gasteiger partial charge < -0.3 is 10.6 Å². The number of piperidine rings is 1. The highest BCUT2D eigenvalue weighted by molar-refractivity contribution is 4.87. The van der Waals surface area contributed by atoms with Crippen molar-refractivity contribution in [1.29, 1.82) is 0 Å². The molecule has 1 saturated heterocycles. The summed E-state index contributed by atoms with van der Waals surface area (Å²) in [4.78, 5) is 2.76. The number of hydrogen-bond acceptors (Lipinski definition) is 2. The molecule has 0 spiro atoms. The van der Waals surface area contributed by atoms with Gasteiger partial charge in [-0.25, -0.2) is 0 Å². The van der Waals surface area contributed by atoms with Crippen LogP contribution in [-0.2, 0) is 0 Å². The van der Waals surface area contributed by atoms with Crippen LogP contribution < -0.4 is 5.73 Å². The molecule has 2 N–H and O–H groups in total. The highest BCUT2D eigenvalue weighted by Crippen LogP contribution is 2.34. The predicted octanol–water partition coefficient (Wildman–Crippen LogP) is 3.65. The first-order chi connectivity index (χ1) is 9.11. The van der Waals surface area contributed by atoms with Crippen LogP contribution in [0.3, 0.4) is 0 Å². The van der Waals surface area contributed by atoms with E-state index in [1.807, 2.05) is 0 Å². The molecule has 0 aromatic carbocycles. The van der Waals surface area contributed by atoms with Crippen LogP contribution in [0.5, 0.6) is 0 Å². The zero-order chi connectivity index (χ0) is 13.8. The Morgan fingerprint density at radius 3 is 2.63 bits per heavy atom. The summed E-state index contributed by atoms with van der Waals surface area (Å²) in [5.41, 5.74) is 6.42. The molecule has 0 amide bonds. The van der Waals surface area contributed by atoms with E-state index in [9.17, 15) is 0 Å². The maximum Gasteiger partial charge on any atom is 0.00927 e. The van der Waals surface area contributed by atoms with Crippen molar-refractivity contribution in [1.82, 2.24) is 4.90 Å². The second kappa shape index (κ2) is 7.08. The van der Waals surface area contributed by atoms with Gasteiger partial charge in [0.25, 0.3) is 0 Å². The van der Waals surface area contributed by atoms with Gasteiger partial charge in [-0.2, -0.15) is 0 Å². The Kier molecular flexibility index (Phi) is 5.70. The minimum absolute atomic E-state index is 0.453. The number of rotatable bonds is 4. The molecule has 0 aromatic rings. The largest absolute Gasteiger partial charge is 0.327 e. The fourth-order valence-electron chi connectivity index (χ4n) is 4.20. The van der Waals surface area contributed by atoms with Gasteiger partial charge >= 0.3 is 0 Å². The summed E-state index contributed by atoms with van der Waals surface area (Å²) in [6, 6.07) is 1.29. The molecule has 2 fully saturated rings. The molecule has 4 unspecified atom stereocenters. The molecule has 0 bridgehead atoms. The molecule has 19 heavy (non-hydrogen) atoms. The zero-order valence-corrected chi connectivity index (χ0v) is 13.3. The van der Waals surface area contributed by atoms with Gasteiger partial charge in [-0.15, -0.1) is 0 Å². The third-order valence-electron chi connectivity index (χ3n) is 5.71. The average Bonchev–Trinajstić information content (AvgIpc) is 2.41. The number of nitrogens with two attached hydrogens (primary N) is 1. The first kappa shape index (κ1) is 15.3. The molecular formula is C17H34N2. The highest BCUT2D eigenvalue weighted by atomic mass is 15.2. The summed E-state index contributed by atoms with van der Waals surface area (Å²) in [7, 11) is 0. The van der Waals surface area contributed by atoms with Gasteiger partial charge in [-0.05, 0) is 62.8 Å². The summed E-state index contributed by atoms with van der Waals surface area (Å²) in [5, 5.41) is 0. The smallest absolute Gasteiger partial charge is 0.00927 e. The quantitative estimate of drug-likeness (QED) is 0.841. The molecule has 0 radical (unpaired) electrons. The van der Waals surface area contributed by atoms with Crippen LogP contribution in [0.4, 0.5) is 0 Å². The van der Waals surface area contributed by atoms with E-state index in [1.165, 1.54) is 58.0 Å². The number of likely N-dealkylation sites (tertiary alicyclic amines) is 1. The Balaban J connectivity index is 1.91. The molecule has 1 aliphatic carbocycles. The Hall–Kier alpha value is -0.0800. The molecule has 2 aliphatic rings. The van der Waals surface area contributed by atoms with E-state index in [0.717, 1.165) is 23.8 Å². The summed E-state index contributed by atoms with van der Waals surface area (Å²) in [6.45, 7) is 9.69. The number of nitrogens with zero attached hydrogens (tertiary/aromatic N) is 1. The van der Waals surface area contributed by atoms with Crippen molar-refractivity contribution in [2.75, 3.05) is 13.1 Å². The van der Waals surface area contributed by atoms with Crippen LogP contribution in [0.25, 0.3) is 0 Å². The molecule has 112 valence electrons. The van der Waals surface area contributed by atoms with Crippen LogP contribution in [0, 0.1) is 17.8 Å². The van der Waals surface area contributed by atoms with E-state index in [2.05, 4.69) is 25.7 Å². The third kappa shape index (κ3) is 3.95. The van der Waals surface area contributed by atoms with Crippen LogP contribution in [-0.4, -0.2) is 30.1 Å². The third-order valence-corrected chi connectivity index (χ3v) is 5.71. The standard InChI is InChI=1S/C17H34N2/c1-4-16-7-5-6-10-19(16)12-15-11-14(13(2)3)8-9-17(15)18/h13-17H,4-12,18H2,1-3H3. The van der Waals surface area contributed by atoms with Gasteiger partial charge in [0, 0.05) is 18.6 Å². The van der Waals surface area contributed by atoms with Crippen molar-refractivity contribution in [2.24, 2.45) is 23.5 Å². The lowest BCUT2D eigenvalue weighted by Gasteiger charge is -2.42. The van der Waals surface area contributed by atoms with Crippen LogP contribution in [0.15, 0.2) is 0 Å². The first-order valence-corrected chi connectivity index (χ1v) is 8.61. The zero-order valence-electron chi connectivity index (χ0n) is 13.3. The Morgan fingerprint density at radius 1 is 1.16 bits per heavy atom. The molecule has 1 heterocycles. The van der Waals surface area contributed by atoms with E-state index in [1.54, 1.807) is 0 Å². The van der Waals surface area contributed by atoms with Crippen LogP contribution >= 0.6 is 0 Å². The Bertz CT molecular complexity index is 264.